The zero-order valence-corrected chi connectivity index (χ0v) is 29.2. The Morgan fingerprint density at radius 3 is 2.27 bits per heavy atom. The third kappa shape index (κ3) is 7.79. The summed E-state index contributed by atoms with van der Waals surface area (Å²) in [5.41, 5.74) is 3.50. The van der Waals surface area contributed by atoms with Crippen LogP contribution in [-0.2, 0) is 9.28 Å². The Morgan fingerprint density at radius 1 is 0.967 bits per heavy atom. The average molecular weight is 1080 g/mol. The van der Waals surface area contributed by atoms with Crippen LogP contribution in [0.4, 0.5) is 0 Å². The first-order valence-electron chi connectivity index (χ1n) is 9.56. The quantitative estimate of drug-likeness (QED) is 0.231. The maximum atomic E-state index is 4.71. The topological polar surface area (TPSA) is 50.7 Å². The smallest absolute Gasteiger partial charge is 0.117 e. The minimum Gasteiger partial charge on any atom is -0.312 e. The number of nitrogens with one attached hydrogen (secondary N) is 1. The maximum Gasteiger partial charge on any atom is 0.117 e. The molecule has 164 valence electrons. The van der Waals surface area contributed by atoms with Crippen LogP contribution >= 0.6 is 136 Å². The largest absolute Gasteiger partial charge is 0.312 e. The average Bonchev–Trinajstić information content (AvgIpc) is 2.68. The monoisotopic (exact) mass is 1080 g/mol. The van der Waals surface area contributed by atoms with Gasteiger partial charge in [0.1, 0.15) is 2.86 Å². The first-order chi connectivity index (χ1) is 14.0. The molecule has 0 spiro atoms. The van der Waals surface area contributed by atoms with Gasteiger partial charge in [-0.25, -0.2) is 0 Å². The van der Waals surface area contributed by atoms with Crippen LogP contribution in [0.1, 0.15) is 43.1 Å². The molecule has 3 rings (SSSR count). The van der Waals surface area contributed by atoms with Gasteiger partial charge in [0.2, 0.25) is 0 Å². The van der Waals surface area contributed by atoms with Crippen molar-refractivity contribution in [2.45, 2.75) is 42.9 Å². The molecule has 1 N–H and O–H groups in total. The lowest BCUT2D eigenvalue weighted by atomic mass is 9.88. The molecule has 1 saturated heterocycles. The molecule has 2 aromatic rings. The molecule has 0 radical (unpaired) electrons. The van der Waals surface area contributed by atoms with Crippen LogP contribution < -0.4 is 5.32 Å². The minimum atomic E-state index is -0.00602. The van der Waals surface area contributed by atoms with Crippen molar-refractivity contribution in [3.63, 3.8) is 0 Å². The summed E-state index contributed by atoms with van der Waals surface area (Å²) < 4.78 is 0.170. The standard InChI is InChI=1S/C20H22I6N4/c1-18(21,22)15-4-2-13(10-29-15)8-19(23,24)16-5-3-14(11-30-16)9-20(25,26)17-12-27-6-7-28-17/h2,4,6-7,10,12,14,16,30H,3,5,8-9,11H2,1H3/t14?,16-/m0/s1. The minimum absolute atomic E-state index is 0.00602. The van der Waals surface area contributed by atoms with Crippen molar-refractivity contribution < 1.29 is 0 Å². The van der Waals surface area contributed by atoms with Crippen molar-refractivity contribution in [2.75, 3.05) is 6.54 Å². The molecule has 1 aliphatic heterocycles. The Bertz CT molecular complexity index is 815. The van der Waals surface area contributed by atoms with E-state index in [-0.39, 0.29) is 4.29 Å². The van der Waals surface area contributed by atoms with Crippen molar-refractivity contribution in [1.29, 1.82) is 0 Å². The Hall–Kier alpha value is 2.57. The SMILES string of the molecule is CC(I)(I)c1ccc(CC(I)(I)[C@@H]2CCC(CC(I)(I)c3cnccn3)CN2)cn1. The first kappa shape index (κ1) is 27.2. The zero-order valence-electron chi connectivity index (χ0n) is 16.3. The molecule has 2 atom stereocenters. The van der Waals surface area contributed by atoms with Gasteiger partial charge in [0.25, 0.3) is 0 Å². The van der Waals surface area contributed by atoms with Gasteiger partial charge in [-0.3, -0.25) is 15.0 Å². The van der Waals surface area contributed by atoms with Crippen molar-refractivity contribution in [3.05, 3.63) is 53.9 Å². The van der Waals surface area contributed by atoms with Gasteiger partial charge in [0, 0.05) is 24.6 Å². The van der Waals surface area contributed by atoms with Gasteiger partial charge in [-0.2, -0.15) is 0 Å². The molecule has 2 aromatic heterocycles. The van der Waals surface area contributed by atoms with Crippen LogP contribution in [0.5, 0.6) is 0 Å². The second-order valence-corrected chi connectivity index (χ2v) is 25.8. The third-order valence-electron chi connectivity index (χ3n) is 5.22. The highest BCUT2D eigenvalue weighted by Gasteiger charge is 2.39. The highest BCUT2D eigenvalue weighted by atomic mass is 127. The van der Waals surface area contributed by atoms with Gasteiger partial charge in [-0.1, -0.05) is 142 Å². The number of nitrogens with zero attached hydrogens (tertiary/aromatic N) is 3. The number of piperidine rings is 1. The van der Waals surface area contributed by atoms with Crippen molar-refractivity contribution >= 4 is 136 Å². The van der Waals surface area contributed by atoms with Gasteiger partial charge < -0.3 is 5.32 Å². The van der Waals surface area contributed by atoms with Gasteiger partial charge in [-0.05, 0) is 56.7 Å². The van der Waals surface area contributed by atoms with Gasteiger partial charge in [0.15, 0.2) is 0 Å². The summed E-state index contributed by atoms with van der Waals surface area (Å²) in [7, 11) is 0. The van der Waals surface area contributed by atoms with Crippen molar-refractivity contribution in [1.82, 2.24) is 20.3 Å². The van der Waals surface area contributed by atoms with Crippen LogP contribution in [0.2, 0.25) is 0 Å². The molecule has 3 heterocycles. The Balaban J connectivity index is 1.56. The summed E-state index contributed by atoms with van der Waals surface area (Å²) in [6, 6.07) is 4.93. The van der Waals surface area contributed by atoms with Crippen LogP contribution in [0.3, 0.4) is 0 Å². The molecule has 10 heteroatoms. The van der Waals surface area contributed by atoms with E-state index in [4.69, 9.17) is 4.98 Å². The van der Waals surface area contributed by atoms with Crippen molar-refractivity contribution in [2.24, 2.45) is 5.92 Å². The molecule has 0 amide bonds. The molecule has 0 saturated carbocycles. The number of pyridine rings is 1. The number of halogens is 6. The number of hydrogen-bond acceptors (Lipinski definition) is 4. The molecule has 0 aliphatic carbocycles. The van der Waals surface area contributed by atoms with Crippen LogP contribution in [0.15, 0.2) is 36.9 Å². The molecular weight excluding hydrogens is 1060 g/mol. The van der Waals surface area contributed by atoms with Crippen LogP contribution in [0.25, 0.3) is 0 Å². The third-order valence-corrected chi connectivity index (χ3v) is 10.6. The first-order valence-corrected chi connectivity index (χ1v) is 16.0. The van der Waals surface area contributed by atoms with Gasteiger partial charge >= 0.3 is 0 Å². The second kappa shape index (κ2) is 11.5. The summed E-state index contributed by atoms with van der Waals surface area (Å²) in [6.45, 7) is 3.25. The van der Waals surface area contributed by atoms with E-state index in [1.165, 1.54) is 18.4 Å². The maximum absolute atomic E-state index is 4.71. The van der Waals surface area contributed by atoms with E-state index >= 15 is 0 Å². The summed E-state index contributed by atoms with van der Waals surface area (Å²) in [5, 5.41) is 3.86. The normalized spacial score (nSPS) is 20.9. The number of hydrogen-bond donors (Lipinski definition) is 1. The predicted octanol–water partition coefficient (Wildman–Crippen LogP) is 7.50. The molecule has 30 heavy (non-hydrogen) atoms. The Kier molecular flexibility index (Phi) is 10.4. The van der Waals surface area contributed by atoms with E-state index in [9.17, 15) is 0 Å². The fraction of sp³-hybridized carbons (Fsp3) is 0.550. The number of aromatic nitrogens is 3. The summed E-state index contributed by atoms with van der Waals surface area (Å²) >= 11 is 15.2. The lowest BCUT2D eigenvalue weighted by Gasteiger charge is -2.39. The molecule has 1 aliphatic rings. The fourth-order valence-electron chi connectivity index (χ4n) is 3.59. The summed E-state index contributed by atoms with van der Waals surface area (Å²) in [5.74, 6) is 0.659. The Morgan fingerprint density at radius 2 is 1.73 bits per heavy atom. The van der Waals surface area contributed by atoms with E-state index in [0.717, 1.165) is 30.8 Å². The van der Waals surface area contributed by atoms with E-state index in [1.807, 2.05) is 6.20 Å². The Labute approximate surface area is 260 Å². The molecule has 0 bridgehead atoms. The molecule has 1 fully saturated rings. The highest BCUT2D eigenvalue weighted by Crippen LogP contribution is 2.46. The lowest BCUT2D eigenvalue weighted by Crippen LogP contribution is -2.49. The number of alkyl halides is 6. The van der Waals surface area contributed by atoms with Gasteiger partial charge in [0.05, 0.1) is 19.0 Å². The second-order valence-electron chi connectivity index (χ2n) is 7.78. The highest BCUT2D eigenvalue weighted by molar-refractivity contribution is 14.2. The fourth-order valence-corrected chi connectivity index (χ4v) is 7.97. The lowest BCUT2D eigenvalue weighted by molar-refractivity contribution is 0.290. The van der Waals surface area contributed by atoms with E-state index in [1.54, 1.807) is 12.4 Å². The van der Waals surface area contributed by atoms with E-state index < -0.39 is 0 Å². The molecule has 1 unspecified atom stereocenters. The van der Waals surface area contributed by atoms with E-state index in [2.05, 4.69) is 176 Å². The molecule has 4 nitrogen and oxygen atoms in total. The summed E-state index contributed by atoms with van der Waals surface area (Å²) in [6.07, 6.45) is 12.1. The zero-order chi connectivity index (χ0) is 22.0. The summed E-state index contributed by atoms with van der Waals surface area (Å²) in [4.78, 5) is 13.5. The van der Waals surface area contributed by atoms with Gasteiger partial charge in [-0.15, -0.1) is 0 Å². The predicted molar refractivity (Wildman–Crippen MR) is 175 cm³/mol. The number of rotatable bonds is 7. The van der Waals surface area contributed by atoms with E-state index in [0.29, 0.717) is 12.0 Å². The van der Waals surface area contributed by atoms with Crippen LogP contribution in [0, 0.1) is 5.92 Å². The molecular formula is C20H22I6N4. The van der Waals surface area contributed by atoms with Crippen LogP contribution in [-0.4, -0.2) is 29.0 Å². The van der Waals surface area contributed by atoms with Crippen molar-refractivity contribution in [3.8, 4) is 0 Å². The molecule has 0 aromatic carbocycles.